The van der Waals surface area contributed by atoms with Gasteiger partial charge in [0.1, 0.15) is 0 Å². The number of ether oxygens (including phenoxy) is 1. The second-order valence-electron chi connectivity index (χ2n) is 5.17. The second-order valence-corrected chi connectivity index (χ2v) is 5.17. The summed E-state index contributed by atoms with van der Waals surface area (Å²) < 4.78 is 5.58. The summed E-state index contributed by atoms with van der Waals surface area (Å²) in [6.07, 6.45) is 6.64. The highest BCUT2D eigenvalue weighted by Crippen LogP contribution is 2.26. The van der Waals surface area contributed by atoms with Gasteiger partial charge in [-0.2, -0.15) is 0 Å². The second kappa shape index (κ2) is 5.99. The Balaban J connectivity index is 1.86. The minimum atomic E-state index is 0.671. The van der Waals surface area contributed by atoms with Gasteiger partial charge in [-0.15, -0.1) is 0 Å². The molecule has 1 aliphatic heterocycles. The van der Waals surface area contributed by atoms with Gasteiger partial charge in [-0.1, -0.05) is 6.92 Å². The van der Waals surface area contributed by atoms with E-state index in [1.807, 2.05) is 0 Å². The molecule has 0 spiro atoms. The van der Waals surface area contributed by atoms with Gasteiger partial charge in [0.25, 0.3) is 0 Å². The standard InChI is InChI=1S/C13H26N2O/c1-3-12-10-16-9-8-15(12)13-6-4-11(14-2)5-7-13/h11-14H,3-10H2,1-2H3. The molecule has 0 aromatic carbocycles. The van der Waals surface area contributed by atoms with Crippen molar-refractivity contribution < 1.29 is 4.74 Å². The molecule has 1 N–H and O–H groups in total. The maximum atomic E-state index is 5.58. The van der Waals surface area contributed by atoms with E-state index in [2.05, 4.69) is 24.2 Å². The van der Waals surface area contributed by atoms with Crippen LogP contribution in [0.25, 0.3) is 0 Å². The zero-order valence-corrected chi connectivity index (χ0v) is 10.7. The highest BCUT2D eigenvalue weighted by molar-refractivity contribution is 4.86. The Hall–Kier alpha value is -0.120. The van der Waals surface area contributed by atoms with E-state index in [4.69, 9.17) is 4.74 Å². The lowest BCUT2D eigenvalue weighted by atomic mass is 9.89. The van der Waals surface area contributed by atoms with Gasteiger partial charge in [0.15, 0.2) is 0 Å². The average Bonchev–Trinajstić information content (AvgIpc) is 2.39. The van der Waals surface area contributed by atoms with E-state index in [0.717, 1.165) is 31.8 Å². The molecule has 2 fully saturated rings. The zero-order valence-electron chi connectivity index (χ0n) is 10.7. The van der Waals surface area contributed by atoms with E-state index in [9.17, 15) is 0 Å². The molecular weight excluding hydrogens is 200 g/mol. The van der Waals surface area contributed by atoms with Gasteiger partial charge in [-0.25, -0.2) is 0 Å². The Morgan fingerprint density at radius 2 is 2.00 bits per heavy atom. The van der Waals surface area contributed by atoms with Gasteiger partial charge < -0.3 is 10.1 Å². The fourth-order valence-corrected chi connectivity index (χ4v) is 3.20. The molecular formula is C13H26N2O. The van der Waals surface area contributed by atoms with Gasteiger partial charge in [0.2, 0.25) is 0 Å². The first-order valence-corrected chi connectivity index (χ1v) is 6.86. The van der Waals surface area contributed by atoms with Crippen LogP contribution in [0.1, 0.15) is 39.0 Å². The van der Waals surface area contributed by atoms with Gasteiger partial charge in [0, 0.05) is 24.7 Å². The summed E-state index contributed by atoms with van der Waals surface area (Å²) in [5.74, 6) is 0. The summed E-state index contributed by atoms with van der Waals surface area (Å²) in [4.78, 5) is 2.72. The Morgan fingerprint density at radius 3 is 2.62 bits per heavy atom. The molecule has 0 aromatic heterocycles. The first kappa shape index (κ1) is 12.3. The summed E-state index contributed by atoms with van der Waals surface area (Å²) in [6.45, 7) is 5.31. The minimum Gasteiger partial charge on any atom is -0.378 e. The molecule has 1 aliphatic carbocycles. The highest BCUT2D eigenvalue weighted by atomic mass is 16.5. The fourth-order valence-electron chi connectivity index (χ4n) is 3.20. The predicted octanol–water partition coefficient (Wildman–Crippen LogP) is 1.63. The van der Waals surface area contributed by atoms with Crippen LogP contribution in [0.15, 0.2) is 0 Å². The molecule has 0 aromatic rings. The number of nitrogens with one attached hydrogen (secondary N) is 1. The van der Waals surface area contributed by atoms with E-state index >= 15 is 0 Å². The van der Waals surface area contributed by atoms with Crippen LogP contribution in [0, 0.1) is 0 Å². The molecule has 0 radical (unpaired) electrons. The Morgan fingerprint density at radius 1 is 1.25 bits per heavy atom. The molecule has 94 valence electrons. The van der Waals surface area contributed by atoms with Crippen molar-refractivity contribution >= 4 is 0 Å². The van der Waals surface area contributed by atoms with Crippen LogP contribution in [-0.2, 0) is 4.74 Å². The molecule has 1 heterocycles. The zero-order chi connectivity index (χ0) is 11.4. The smallest absolute Gasteiger partial charge is 0.0622 e. The normalized spacial score (nSPS) is 37.5. The third kappa shape index (κ3) is 2.76. The van der Waals surface area contributed by atoms with Gasteiger partial charge in [0.05, 0.1) is 13.2 Å². The summed E-state index contributed by atoms with van der Waals surface area (Å²) in [5.41, 5.74) is 0. The van der Waals surface area contributed by atoms with Gasteiger partial charge in [-0.3, -0.25) is 4.90 Å². The van der Waals surface area contributed by atoms with Crippen molar-refractivity contribution in [2.75, 3.05) is 26.8 Å². The molecule has 1 saturated carbocycles. The predicted molar refractivity (Wildman–Crippen MR) is 66.7 cm³/mol. The van der Waals surface area contributed by atoms with Crippen molar-refractivity contribution in [2.45, 2.75) is 57.2 Å². The quantitative estimate of drug-likeness (QED) is 0.791. The Bertz CT molecular complexity index is 202. The van der Waals surface area contributed by atoms with Crippen LogP contribution in [0.5, 0.6) is 0 Å². The van der Waals surface area contributed by atoms with Gasteiger partial charge >= 0.3 is 0 Å². The lowest BCUT2D eigenvalue weighted by Crippen LogP contribution is -2.52. The van der Waals surface area contributed by atoms with Crippen molar-refractivity contribution in [1.29, 1.82) is 0 Å². The van der Waals surface area contributed by atoms with Crippen molar-refractivity contribution in [3.63, 3.8) is 0 Å². The SMILES string of the molecule is CCC1COCCN1C1CCC(NC)CC1. The number of morpholine rings is 1. The minimum absolute atomic E-state index is 0.671. The highest BCUT2D eigenvalue weighted by Gasteiger charge is 2.30. The summed E-state index contributed by atoms with van der Waals surface area (Å²) in [6, 6.07) is 2.25. The van der Waals surface area contributed by atoms with Crippen molar-refractivity contribution in [3.8, 4) is 0 Å². The summed E-state index contributed by atoms with van der Waals surface area (Å²) in [5, 5.41) is 3.41. The monoisotopic (exact) mass is 226 g/mol. The maximum Gasteiger partial charge on any atom is 0.0622 e. The topological polar surface area (TPSA) is 24.5 Å². The van der Waals surface area contributed by atoms with Crippen LogP contribution < -0.4 is 5.32 Å². The van der Waals surface area contributed by atoms with Crippen LogP contribution >= 0.6 is 0 Å². The molecule has 0 bridgehead atoms. The molecule has 2 rings (SSSR count). The number of rotatable bonds is 3. The number of nitrogens with zero attached hydrogens (tertiary/aromatic N) is 1. The lowest BCUT2D eigenvalue weighted by Gasteiger charge is -2.43. The van der Waals surface area contributed by atoms with E-state index in [1.165, 1.54) is 32.1 Å². The molecule has 1 atom stereocenters. The molecule has 2 aliphatic rings. The number of hydrogen-bond acceptors (Lipinski definition) is 3. The molecule has 0 amide bonds. The third-order valence-electron chi connectivity index (χ3n) is 4.32. The van der Waals surface area contributed by atoms with Crippen molar-refractivity contribution in [2.24, 2.45) is 0 Å². The first-order chi connectivity index (χ1) is 7.85. The van der Waals surface area contributed by atoms with Crippen LogP contribution in [0.4, 0.5) is 0 Å². The summed E-state index contributed by atoms with van der Waals surface area (Å²) in [7, 11) is 2.09. The van der Waals surface area contributed by atoms with Crippen LogP contribution in [0.2, 0.25) is 0 Å². The van der Waals surface area contributed by atoms with Crippen LogP contribution in [-0.4, -0.2) is 49.8 Å². The van der Waals surface area contributed by atoms with E-state index in [-0.39, 0.29) is 0 Å². The largest absolute Gasteiger partial charge is 0.378 e. The van der Waals surface area contributed by atoms with E-state index in [1.54, 1.807) is 0 Å². The molecule has 1 unspecified atom stereocenters. The number of hydrogen-bond donors (Lipinski definition) is 1. The van der Waals surface area contributed by atoms with E-state index < -0.39 is 0 Å². The van der Waals surface area contributed by atoms with Gasteiger partial charge in [-0.05, 0) is 39.2 Å². The maximum absolute atomic E-state index is 5.58. The summed E-state index contributed by atoms with van der Waals surface area (Å²) >= 11 is 0. The fraction of sp³-hybridized carbons (Fsp3) is 1.00. The molecule has 16 heavy (non-hydrogen) atoms. The molecule has 1 saturated heterocycles. The van der Waals surface area contributed by atoms with Crippen molar-refractivity contribution in [1.82, 2.24) is 10.2 Å². The Labute approximate surface area is 99.5 Å². The van der Waals surface area contributed by atoms with Crippen LogP contribution in [0.3, 0.4) is 0 Å². The molecule has 3 nitrogen and oxygen atoms in total. The van der Waals surface area contributed by atoms with E-state index in [0.29, 0.717) is 6.04 Å². The Kier molecular flexibility index (Phi) is 4.62. The lowest BCUT2D eigenvalue weighted by molar-refractivity contribution is -0.0383. The third-order valence-corrected chi connectivity index (χ3v) is 4.32. The molecule has 3 heteroatoms. The average molecular weight is 226 g/mol. The first-order valence-electron chi connectivity index (χ1n) is 6.86. The van der Waals surface area contributed by atoms with Crippen molar-refractivity contribution in [3.05, 3.63) is 0 Å².